The van der Waals surface area contributed by atoms with Gasteiger partial charge in [-0.2, -0.15) is 4.72 Å². The van der Waals surface area contributed by atoms with Gasteiger partial charge in [-0.1, -0.05) is 6.07 Å². The summed E-state index contributed by atoms with van der Waals surface area (Å²) in [5, 5.41) is 8.82. The molecule has 1 aromatic rings. The number of nitrogens with zero attached hydrogens (tertiary/aromatic N) is 1. The van der Waals surface area contributed by atoms with Crippen molar-refractivity contribution in [2.75, 3.05) is 11.4 Å². The molecule has 0 aliphatic carbocycles. The summed E-state index contributed by atoms with van der Waals surface area (Å²) in [4.78, 5) is 24.0. The molecule has 1 aliphatic heterocycles. The zero-order valence-corrected chi connectivity index (χ0v) is 13.2. The molecule has 1 unspecified atom stereocenters. The Morgan fingerprint density at radius 3 is 2.64 bits per heavy atom. The molecule has 7 nitrogen and oxygen atoms in total. The number of carbonyl (C=O) groups excluding carboxylic acids is 1. The number of amides is 1. The third-order valence-electron chi connectivity index (χ3n) is 3.57. The molecule has 0 fully saturated rings. The number of aryl methyl sites for hydroxylation is 1. The number of carboxylic acid groups (broad SMARTS) is 1. The van der Waals surface area contributed by atoms with E-state index >= 15 is 0 Å². The number of benzene rings is 1. The summed E-state index contributed by atoms with van der Waals surface area (Å²) in [5.41, 5.74) is 1.48. The fraction of sp³-hybridized carbons (Fsp3) is 0.429. The van der Waals surface area contributed by atoms with E-state index in [1.807, 2.05) is 0 Å². The van der Waals surface area contributed by atoms with Gasteiger partial charge in [0.25, 0.3) is 0 Å². The molecule has 2 rings (SSSR count). The Hall–Kier alpha value is -1.93. The predicted octanol–water partition coefficient (Wildman–Crippen LogP) is 0.737. The van der Waals surface area contributed by atoms with Crippen LogP contribution in [0.25, 0.3) is 0 Å². The van der Waals surface area contributed by atoms with E-state index in [2.05, 4.69) is 4.72 Å². The first-order valence-electron chi connectivity index (χ1n) is 6.88. The molecule has 0 saturated heterocycles. The largest absolute Gasteiger partial charge is 0.480 e. The van der Waals surface area contributed by atoms with Crippen LogP contribution in [0.4, 0.5) is 5.69 Å². The molecule has 0 spiro atoms. The van der Waals surface area contributed by atoms with Crippen LogP contribution in [-0.4, -0.2) is 38.0 Å². The number of carboxylic acids is 1. The molecular formula is C14H18N2O5S. The molecule has 8 heteroatoms. The molecule has 120 valence electrons. The van der Waals surface area contributed by atoms with Crippen LogP contribution in [0.5, 0.6) is 0 Å². The monoisotopic (exact) mass is 326 g/mol. The summed E-state index contributed by atoms with van der Waals surface area (Å²) in [6.45, 7) is 3.23. The Labute approximate surface area is 129 Å². The Morgan fingerprint density at radius 1 is 1.36 bits per heavy atom. The summed E-state index contributed by atoms with van der Waals surface area (Å²) in [6.07, 6.45) is 1.60. The SMILES string of the molecule is CC(=O)N1CCCc2ccc(S(=O)(=O)NC(C)C(=O)O)cc21. The number of rotatable bonds is 4. The molecule has 1 amide bonds. The van der Waals surface area contributed by atoms with Crippen molar-refractivity contribution in [2.45, 2.75) is 37.6 Å². The molecule has 0 aromatic heterocycles. The standard InChI is InChI=1S/C14H18N2O5S/c1-9(14(18)19)15-22(20,21)12-6-5-11-4-3-7-16(10(2)17)13(11)8-12/h5-6,8-9,15H,3-4,7H2,1-2H3,(H,18,19). The molecule has 1 aliphatic rings. The van der Waals surface area contributed by atoms with E-state index in [4.69, 9.17) is 5.11 Å². The van der Waals surface area contributed by atoms with Gasteiger partial charge in [0.1, 0.15) is 6.04 Å². The highest BCUT2D eigenvalue weighted by molar-refractivity contribution is 7.89. The fourth-order valence-corrected chi connectivity index (χ4v) is 3.62. The minimum Gasteiger partial charge on any atom is -0.480 e. The topological polar surface area (TPSA) is 104 Å². The molecule has 0 radical (unpaired) electrons. The van der Waals surface area contributed by atoms with Crippen LogP contribution in [0.15, 0.2) is 23.1 Å². The Kier molecular flexibility index (Phi) is 4.52. The number of fused-ring (bicyclic) bond motifs is 1. The second kappa shape index (κ2) is 6.05. The third kappa shape index (κ3) is 3.28. The van der Waals surface area contributed by atoms with Gasteiger partial charge in [-0.15, -0.1) is 0 Å². The summed E-state index contributed by atoms with van der Waals surface area (Å²) in [6, 6.07) is 3.29. The minimum atomic E-state index is -3.96. The normalized spacial score (nSPS) is 16.0. The Morgan fingerprint density at radius 2 is 2.05 bits per heavy atom. The molecule has 0 saturated carbocycles. The summed E-state index contributed by atoms with van der Waals surface area (Å²) >= 11 is 0. The van der Waals surface area contributed by atoms with Crippen LogP contribution in [0.1, 0.15) is 25.8 Å². The minimum absolute atomic E-state index is 0.0486. The second-order valence-corrected chi connectivity index (χ2v) is 6.96. The van der Waals surface area contributed by atoms with E-state index in [1.54, 1.807) is 11.0 Å². The number of carbonyl (C=O) groups is 2. The zero-order chi connectivity index (χ0) is 16.5. The summed E-state index contributed by atoms with van der Waals surface area (Å²) < 4.78 is 26.6. The second-order valence-electron chi connectivity index (χ2n) is 5.25. The van der Waals surface area contributed by atoms with Crippen LogP contribution in [0.3, 0.4) is 0 Å². The summed E-state index contributed by atoms with van der Waals surface area (Å²) in [7, 11) is -3.96. The molecule has 2 N–H and O–H groups in total. The van der Waals surface area contributed by atoms with Crippen LogP contribution in [0.2, 0.25) is 0 Å². The van der Waals surface area contributed by atoms with Gasteiger partial charge in [-0.25, -0.2) is 8.42 Å². The third-order valence-corrected chi connectivity index (χ3v) is 5.11. The first kappa shape index (κ1) is 16.4. The Balaban J connectivity index is 2.40. The number of hydrogen-bond acceptors (Lipinski definition) is 4. The van der Waals surface area contributed by atoms with Crippen molar-refractivity contribution < 1.29 is 23.1 Å². The van der Waals surface area contributed by atoms with Gasteiger partial charge in [0, 0.05) is 19.2 Å². The highest BCUT2D eigenvalue weighted by Gasteiger charge is 2.25. The highest BCUT2D eigenvalue weighted by atomic mass is 32.2. The first-order chi connectivity index (χ1) is 10.2. The van der Waals surface area contributed by atoms with Crippen LogP contribution < -0.4 is 9.62 Å². The zero-order valence-electron chi connectivity index (χ0n) is 12.4. The lowest BCUT2D eigenvalue weighted by Crippen LogP contribution is -2.38. The van der Waals surface area contributed by atoms with Gasteiger partial charge in [-0.05, 0) is 37.5 Å². The van der Waals surface area contributed by atoms with Crippen molar-refractivity contribution in [3.63, 3.8) is 0 Å². The van der Waals surface area contributed by atoms with Crippen LogP contribution in [0, 0.1) is 0 Å². The fourth-order valence-electron chi connectivity index (χ4n) is 2.40. The molecule has 22 heavy (non-hydrogen) atoms. The molecule has 1 atom stereocenters. The molecular weight excluding hydrogens is 308 g/mol. The van der Waals surface area contributed by atoms with Crippen molar-refractivity contribution in [1.29, 1.82) is 0 Å². The lowest BCUT2D eigenvalue weighted by Gasteiger charge is -2.29. The maximum absolute atomic E-state index is 12.2. The van der Waals surface area contributed by atoms with Crippen molar-refractivity contribution in [2.24, 2.45) is 0 Å². The van der Waals surface area contributed by atoms with Gasteiger partial charge in [-0.3, -0.25) is 9.59 Å². The van der Waals surface area contributed by atoms with E-state index in [0.29, 0.717) is 12.2 Å². The quantitative estimate of drug-likeness (QED) is 0.849. The average Bonchev–Trinajstić information content (AvgIpc) is 2.45. The maximum Gasteiger partial charge on any atom is 0.321 e. The van der Waals surface area contributed by atoms with E-state index < -0.39 is 22.0 Å². The van der Waals surface area contributed by atoms with E-state index in [1.165, 1.54) is 26.0 Å². The Bertz CT molecular complexity index is 714. The van der Waals surface area contributed by atoms with Crippen molar-refractivity contribution >= 4 is 27.6 Å². The van der Waals surface area contributed by atoms with Gasteiger partial charge in [0.2, 0.25) is 15.9 Å². The lowest BCUT2D eigenvalue weighted by atomic mass is 10.0. The molecule has 1 heterocycles. The number of sulfonamides is 1. The number of anilines is 1. The summed E-state index contributed by atoms with van der Waals surface area (Å²) in [5.74, 6) is -1.41. The molecule has 1 aromatic carbocycles. The average molecular weight is 326 g/mol. The number of hydrogen-bond donors (Lipinski definition) is 2. The molecule has 0 bridgehead atoms. The van der Waals surface area contributed by atoms with Crippen LogP contribution >= 0.6 is 0 Å². The van der Waals surface area contributed by atoms with Crippen LogP contribution in [-0.2, 0) is 26.0 Å². The first-order valence-corrected chi connectivity index (χ1v) is 8.37. The highest BCUT2D eigenvalue weighted by Crippen LogP contribution is 2.29. The lowest BCUT2D eigenvalue weighted by molar-refractivity contribution is -0.138. The van der Waals surface area contributed by atoms with Crippen molar-refractivity contribution in [3.8, 4) is 0 Å². The van der Waals surface area contributed by atoms with Crippen molar-refractivity contribution in [3.05, 3.63) is 23.8 Å². The van der Waals surface area contributed by atoms with Gasteiger partial charge >= 0.3 is 5.97 Å². The van der Waals surface area contributed by atoms with Gasteiger partial charge < -0.3 is 10.0 Å². The van der Waals surface area contributed by atoms with Crippen molar-refractivity contribution in [1.82, 2.24) is 4.72 Å². The predicted molar refractivity (Wildman–Crippen MR) is 80.2 cm³/mol. The van der Waals surface area contributed by atoms with E-state index in [9.17, 15) is 18.0 Å². The van der Waals surface area contributed by atoms with Gasteiger partial charge in [0.05, 0.1) is 4.90 Å². The number of nitrogens with one attached hydrogen (secondary N) is 1. The number of aliphatic carboxylic acids is 1. The maximum atomic E-state index is 12.2. The van der Waals surface area contributed by atoms with E-state index in [0.717, 1.165) is 18.4 Å². The van der Waals surface area contributed by atoms with E-state index in [-0.39, 0.29) is 10.8 Å². The van der Waals surface area contributed by atoms with Gasteiger partial charge in [0.15, 0.2) is 0 Å². The smallest absolute Gasteiger partial charge is 0.321 e.